The molecular weight excluding hydrogens is 232 g/mol. The lowest BCUT2D eigenvalue weighted by Crippen LogP contribution is -2.37. The molecule has 0 aromatic heterocycles. The maximum Gasteiger partial charge on any atom is 0.158 e. The normalized spacial score (nSPS) is 27.3. The first-order chi connectivity index (χ1) is 8.78. The monoisotopic (exact) mass is 250 g/mol. The lowest BCUT2D eigenvalue weighted by molar-refractivity contribution is -0.175. The summed E-state index contributed by atoms with van der Waals surface area (Å²) in [7, 11) is 1.58. The van der Waals surface area contributed by atoms with Crippen molar-refractivity contribution in [2.75, 3.05) is 13.7 Å². The Morgan fingerprint density at radius 1 is 1.44 bits per heavy atom. The number of carbonyl (C=O) groups excluding carboxylic acids is 1. The molecule has 2 atom stereocenters. The summed E-state index contributed by atoms with van der Waals surface area (Å²) in [5, 5.41) is 0. The molecule has 0 spiro atoms. The van der Waals surface area contributed by atoms with Crippen molar-refractivity contribution >= 4 is 6.29 Å². The van der Waals surface area contributed by atoms with Gasteiger partial charge in [-0.2, -0.15) is 0 Å². The standard InChI is InChI=1S/C14H18O4/c1-16-13-7-8-14(10-15,18-13)11-17-9-12-5-3-2-4-6-12/h2-6,10,13H,7-9,11H2,1H3/t13-,14+/m0/s1. The molecule has 1 fully saturated rings. The van der Waals surface area contributed by atoms with Crippen molar-refractivity contribution in [3.05, 3.63) is 35.9 Å². The summed E-state index contributed by atoms with van der Waals surface area (Å²) >= 11 is 0. The van der Waals surface area contributed by atoms with Crippen LogP contribution in [0.2, 0.25) is 0 Å². The van der Waals surface area contributed by atoms with E-state index in [2.05, 4.69) is 0 Å². The van der Waals surface area contributed by atoms with Gasteiger partial charge in [-0.15, -0.1) is 0 Å². The summed E-state index contributed by atoms with van der Waals surface area (Å²) < 4.78 is 16.2. The van der Waals surface area contributed by atoms with Gasteiger partial charge in [0, 0.05) is 13.5 Å². The highest BCUT2D eigenvalue weighted by Crippen LogP contribution is 2.29. The molecule has 0 radical (unpaired) electrons. The molecule has 0 amide bonds. The Hall–Kier alpha value is -1.23. The zero-order chi connectivity index (χ0) is 12.8. The van der Waals surface area contributed by atoms with Gasteiger partial charge in [-0.05, 0) is 12.0 Å². The van der Waals surface area contributed by atoms with Crippen molar-refractivity contribution in [2.45, 2.75) is 31.3 Å². The van der Waals surface area contributed by atoms with Crippen LogP contribution in [0.5, 0.6) is 0 Å². The number of rotatable bonds is 6. The zero-order valence-electron chi connectivity index (χ0n) is 10.5. The largest absolute Gasteiger partial charge is 0.373 e. The number of methoxy groups -OCH3 is 1. The Bertz CT molecular complexity index is 379. The second-order valence-electron chi connectivity index (χ2n) is 4.48. The van der Waals surface area contributed by atoms with E-state index in [-0.39, 0.29) is 12.9 Å². The molecule has 4 heteroatoms. The van der Waals surface area contributed by atoms with E-state index in [4.69, 9.17) is 14.2 Å². The van der Waals surface area contributed by atoms with Crippen molar-refractivity contribution < 1.29 is 19.0 Å². The van der Waals surface area contributed by atoms with Crippen LogP contribution in [-0.2, 0) is 25.6 Å². The van der Waals surface area contributed by atoms with E-state index in [1.807, 2.05) is 30.3 Å². The van der Waals surface area contributed by atoms with Gasteiger partial charge in [0.25, 0.3) is 0 Å². The van der Waals surface area contributed by atoms with Crippen molar-refractivity contribution in [3.8, 4) is 0 Å². The van der Waals surface area contributed by atoms with Crippen molar-refractivity contribution in [1.29, 1.82) is 0 Å². The maximum atomic E-state index is 11.2. The smallest absolute Gasteiger partial charge is 0.158 e. The molecule has 98 valence electrons. The quantitative estimate of drug-likeness (QED) is 0.724. The average Bonchev–Trinajstić information content (AvgIpc) is 2.84. The Labute approximate surface area is 107 Å². The summed E-state index contributed by atoms with van der Waals surface area (Å²) in [6.07, 6.45) is 1.90. The van der Waals surface area contributed by atoms with E-state index in [0.29, 0.717) is 13.0 Å². The number of hydrogen-bond acceptors (Lipinski definition) is 4. The Morgan fingerprint density at radius 2 is 2.22 bits per heavy atom. The number of ether oxygens (including phenoxy) is 3. The minimum atomic E-state index is -0.838. The fourth-order valence-corrected chi connectivity index (χ4v) is 2.05. The SMILES string of the molecule is CO[C@@H]1CC[C@@](C=O)(COCc2ccccc2)O1. The molecule has 0 N–H and O–H groups in total. The lowest BCUT2D eigenvalue weighted by Gasteiger charge is -2.22. The third-order valence-corrected chi connectivity index (χ3v) is 3.10. The van der Waals surface area contributed by atoms with E-state index >= 15 is 0 Å². The topological polar surface area (TPSA) is 44.8 Å². The Morgan fingerprint density at radius 3 is 2.83 bits per heavy atom. The van der Waals surface area contributed by atoms with Crippen LogP contribution in [0.25, 0.3) is 0 Å². The van der Waals surface area contributed by atoms with Gasteiger partial charge in [0.1, 0.15) is 5.60 Å². The molecule has 0 saturated carbocycles. The lowest BCUT2D eigenvalue weighted by atomic mass is 10.0. The van der Waals surface area contributed by atoms with Gasteiger partial charge in [0.2, 0.25) is 0 Å². The third-order valence-electron chi connectivity index (χ3n) is 3.10. The summed E-state index contributed by atoms with van der Waals surface area (Å²) in [5.74, 6) is 0. The molecule has 1 aliphatic heterocycles. The van der Waals surface area contributed by atoms with Crippen LogP contribution >= 0.6 is 0 Å². The van der Waals surface area contributed by atoms with E-state index in [1.54, 1.807) is 7.11 Å². The highest BCUT2D eigenvalue weighted by molar-refractivity contribution is 5.63. The summed E-state index contributed by atoms with van der Waals surface area (Å²) in [4.78, 5) is 11.2. The number of aldehydes is 1. The molecule has 0 aliphatic carbocycles. The molecule has 0 bridgehead atoms. The summed E-state index contributed by atoms with van der Waals surface area (Å²) in [6.45, 7) is 0.753. The van der Waals surface area contributed by atoms with E-state index in [9.17, 15) is 4.79 Å². The second-order valence-corrected chi connectivity index (χ2v) is 4.48. The first kappa shape index (κ1) is 13.2. The molecule has 0 unspecified atom stereocenters. The van der Waals surface area contributed by atoms with Gasteiger partial charge in [-0.25, -0.2) is 0 Å². The molecule has 18 heavy (non-hydrogen) atoms. The molecule has 1 aliphatic rings. The van der Waals surface area contributed by atoms with Crippen molar-refractivity contribution in [3.63, 3.8) is 0 Å². The highest BCUT2D eigenvalue weighted by atomic mass is 16.7. The van der Waals surface area contributed by atoms with Gasteiger partial charge >= 0.3 is 0 Å². The Balaban J connectivity index is 1.83. The van der Waals surface area contributed by atoms with Crippen LogP contribution in [0.15, 0.2) is 30.3 Å². The average molecular weight is 250 g/mol. The number of benzene rings is 1. The molecule has 1 heterocycles. The molecule has 4 nitrogen and oxygen atoms in total. The second kappa shape index (κ2) is 6.09. The van der Waals surface area contributed by atoms with Crippen LogP contribution < -0.4 is 0 Å². The maximum absolute atomic E-state index is 11.2. The first-order valence-corrected chi connectivity index (χ1v) is 6.07. The minimum Gasteiger partial charge on any atom is -0.373 e. The van der Waals surface area contributed by atoms with Gasteiger partial charge in [0.15, 0.2) is 12.6 Å². The highest BCUT2D eigenvalue weighted by Gasteiger charge is 2.40. The van der Waals surface area contributed by atoms with Gasteiger partial charge in [-0.3, -0.25) is 0 Å². The van der Waals surface area contributed by atoms with Gasteiger partial charge in [0.05, 0.1) is 13.2 Å². The number of hydrogen-bond donors (Lipinski definition) is 0. The molecule has 1 saturated heterocycles. The zero-order valence-corrected chi connectivity index (χ0v) is 10.5. The molecule has 1 aromatic rings. The van der Waals surface area contributed by atoms with Gasteiger partial charge in [-0.1, -0.05) is 30.3 Å². The van der Waals surface area contributed by atoms with E-state index in [1.165, 1.54) is 0 Å². The third kappa shape index (κ3) is 3.16. The fourth-order valence-electron chi connectivity index (χ4n) is 2.05. The van der Waals surface area contributed by atoms with Crippen molar-refractivity contribution in [2.24, 2.45) is 0 Å². The van der Waals surface area contributed by atoms with Crippen molar-refractivity contribution in [1.82, 2.24) is 0 Å². The number of carbonyl (C=O) groups is 1. The van der Waals surface area contributed by atoms with Crippen LogP contribution in [-0.4, -0.2) is 31.9 Å². The fraction of sp³-hybridized carbons (Fsp3) is 0.500. The van der Waals surface area contributed by atoms with Crippen LogP contribution in [0.4, 0.5) is 0 Å². The summed E-state index contributed by atoms with van der Waals surface area (Å²) in [5.41, 5.74) is 0.245. The first-order valence-electron chi connectivity index (χ1n) is 6.07. The van der Waals surface area contributed by atoms with Gasteiger partial charge < -0.3 is 19.0 Å². The Kier molecular flexibility index (Phi) is 4.47. The molecular formula is C14H18O4. The van der Waals surface area contributed by atoms with E-state index < -0.39 is 5.60 Å². The van der Waals surface area contributed by atoms with E-state index in [0.717, 1.165) is 18.3 Å². The predicted molar refractivity (Wildman–Crippen MR) is 66.0 cm³/mol. The molecule has 2 rings (SSSR count). The summed E-state index contributed by atoms with van der Waals surface area (Å²) in [6, 6.07) is 9.85. The van der Waals surface area contributed by atoms with Crippen LogP contribution in [0.3, 0.4) is 0 Å². The van der Waals surface area contributed by atoms with Crippen LogP contribution in [0.1, 0.15) is 18.4 Å². The molecule has 1 aromatic carbocycles. The minimum absolute atomic E-state index is 0.269. The van der Waals surface area contributed by atoms with Crippen LogP contribution in [0, 0.1) is 0 Å². The predicted octanol–water partition coefficient (Wildman–Crippen LogP) is 1.92.